The fourth-order valence-corrected chi connectivity index (χ4v) is 2.64. The smallest absolute Gasteiger partial charge is 0.211 e. The minimum absolute atomic E-state index is 0.133. The Balaban J connectivity index is 2.79. The molecule has 0 amide bonds. The molecular formula is C9H11BrFNO2S. The number of hydrogen-bond acceptors (Lipinski definition) is 2. The monoisotopic (exact) mass is 295 g/mol. The first-order valence-corrected chi connectivity index (χ1v) is 6.93. The van der Waals surface area contributed by atoms with E-state index in [2.05, 4.69) is 15.9 Å². The fraction of sp³-hybridized carbons (Fsp3) is 0.333. The molecule has 0 atom stereocenters. The maximum Gasteiger partial charge on any atom is 0.224 e. The molecule has 1 aromatic rings. The molecule has 0 unspecified atom stereocenters. The molecule has 1 rings (SSSR count). The Morgan fingerprint density at radius 3 is 2.67 bits per heavy atom. The van der Waals surface area contributed by atoms with Gasteiger partial charge in [-0.1, -0.05) is 28.1 Å². The lowest BCUT2D eigenvalue weighted by molar-refractivity contribution is 0.470. The minimum atomic E-state index is -3.28. The van der Waals surface area contributed by atoms with Crippen molar-refractivity contribution >= 4 is 26.0 Å². The zero-order valence-corrected chi connectivity index (χ0v) is 10.6. The van der Waals surface area contributed by atoms with E-state index in [4.69, 9.17) is 0 Å². The summed E-state index contributed by atoms with van der Waals surface area (Å²) >= 11 is 2.90. The zero-order chi connectivity index (χ0) is 11.5. The standard InChI is InChI=1S/C9H11BrFNO2S/c1-12(15(13,14)7-10)6-8-3-2-4-9(11)5-8/h2-5H,6-7H2,1H3. The molecule has 0 saturated heterocycles. The Morgan fingerprint density at radius 2 is 2.13 bits per heavy atom. The second-order valence-electron chi connectivity index (χ2n) is 3.11. The van der Waals surface area contributed by atoms with Crippen LogP contribution in [0.4, 0.5) is 4.39 Å². The molecule has 1 aromatic carbocycles. The van der Waals surface area contributed by atoms with Gasteiger partial charge in [0.05, 0.1) is 0 Å². The highest BCUT2D eigenvalue weighted by Crippen LogP contribution is 2.10. The van der Waals surface area contributed by atoms with Crippen LogP contribution in [0.3, 0.4) is 0 Å². The van der Waals surface area contributed by atoms with Crippen LogP contribution in [0.25, 0.3) is 0 Å². The van der Waals surface area contributed by atoms with Crippen LogP contribution in [0.2, 0.25) is 0 Å². The molecule has 0 spiro atoms. The van der Waals surface area contributed by atoms with Crippen molar-refractivity contribution < 1.29 is 12.8 Å². The third-order valence-electron chi connectivity index (χ3n) is 1.91. The van der Waals surface area contributed by atoms with E-state index in [-0.39, 0.29) is 17.0 Å². The summed E-state index contributed by atoms with van der Waals surface area (Å²) in [5.74, 6) is -0.364. The van der Waals surface area contributed by atoms with Gasteiger partial charge in [-0.25, -0.2) is 12.8 Å². The Morgan fingerprint density at radius 1 is 1.47 bits per heavy atom. The Bertz CT molecular complexity index is 435. The Labute approximate surface area is 97.1 Å². The van der Waals surface area contributed by atoms with Crippen molar-refractivity contribution in [2.24, 2.45) is 0 Å². The second kappa shape index (κ2) is 5.05. The molecule has 0 aromatic heterocycles. The van der Waals surface area contributed by atoms with E-state index < -0.39 is 10.0 Å². The summed E-state index contributed by atoms with van der Waals surface area (Å²) in [6.45, 7) is 0.172. The Hall–Kier alpha value is -0.460. The van der Waals surface area contributed by atoms with E-state index in [0.29, 0.717) is 5.56 Å². The van der Waals surface area contributed by atoms with Crippen LogP contribution < -0.4 is 0 Å². The number of rotatable bonds is 4. The first kappa shape index (κ1) is 12.6. The summed E-state index contributed by atoms with van der Waals surface area (Å²) in [6.07, 6.45) is 0. The van der Waals surface area contributed by atoms with E-state index in [1.54, 1.807) is 12.1 Å². The predicted octanol–water partition coefficient (Wildman–Crippen LogP) is 1.94. The maximum absolute atomic E-state index is 12.8. The first-order valence-electron chi connectivity index (χ1n) is 4.20. The molecular weight excluding hydrogens is 285 g/mol. The second-order valence-corrected chi connectivity index (χ2v) is 6.49. The van der Waals surface area contributed by atoms with E-state index in [1.807, 2.05) is 0 Å². The van der Waals surface area contributed by atoms with Gasteiger partial charge in [-0.3, -0.25) is 0 Å². The molecule has 0 aliphatic carbocycles. The highest BCUT2D eigenvalue weighted by atomic mass is 79.9. The molecule has 0 N–H and O–H groups in total. The van der Waals surface area contributed by atoms with Crippen LogP contribution in [-0.2, 0) is 16.6 Å². The molecule has 0 aliphatic rings. The minimum Gasteiger partial charge on any atom is -0.211 e. The van der Waals surface area contributed by atoms with Gasteiger partial charge in [-0.05, 0) is 17.7 Å². The molecule has 0 radical (unpaired) electrons. The average molecular weight is 296 g/mol. The van der Waals surface area contributed by atoms with E-state index >= 15 is 0 Å². The lowest BCUT2D eigenvalue weighted by Crippen LogP contribution is -2.27. The van der Waals surface area contributed by atoms with Crippen molar-refractivity contribution in [1.82, 2.24) is 4.31 Å². The van der Waals surface area contributed by atoms with Crippen LogP contribution in [-0.4, -0.2) is 24.4 Å². The number of hydrogen-bond donors (Lipinski definition) is 0. The SMILES string of the molecule is CN(Cc1cccc(F)c1)S(=O)(=O)CBr. The molecule has 3 nitrogen and oxygen atoms in total. The average Bonchev–Trinajstić information content (AvgIpc) is 2.17. The number of nitrogens with zero attached hydrogens (tertiary/aromatic N) is 1. The van der Waals surface area contributed by atoms with Gasteiger partial charge in [0.2, 0.25) is 10.0 Å². The largest absolute Gasteiger partial charge is 0.224 e. The Kier molecular flexibility index (Phi) is 4.24. The van der Waals surface area contributed by atoms with E-state index in [0.717, 1.165) is 0 Å². The lowest BCUT2D eigenvalue weighted by Gasteiger charge is -2.15. The zero-order valence-electron chi connectivity index (χ0n) is 8.15. The van der Waals surface area contributed by atoms with Gasteiger partial charge in [0, 0.05) is 13.6 Å². The molecule has 84 valence electrons. The number of benzene rings is 1. The van der Waals surface area contributed by atoms with Crippen molar-refractivity contribution in [2.75, 3.05) is 11.7 Å². The third-order valence-corrected chi connectivity index (χ3v) is 5.00. The quantitative estimate of drug-likeness (QED) is 0.796. The molecule has 0 fully saturated rings. The molecule has 15 heavy (non-hydrogen) atoms. The van der Waals surface area contributed by atoms with Gasteiger partial charge >= 0.3 is 0 Å². The van der Waals surface area contributed by atoms with Gasteiger partial charge in [-0.15, -0.1) is 0 Å². The van der Waals surface area contributed by atoms with Crippen molar-refractivity contribution in [1.29, 1.82) is 0 Å². The molecule has 0 heterocycles. The van der Waals surface area contributed by atoms with Crippen LogP contribution >= 0.6 is 15.9 Å². The summed E-state index contributed by atoms with van der Waals surface area (Å²) in [6, 6.07) is 5.88. The number of halogens is 2. The molecule has 6 heteroatoms. The van der Waals surface area contributed by atoms with Crippen LogP contribution in [0.1, 0.15) is 5.56 Å². The number of alkyl halides is 1. The summed E-state index contributed by atoms with van der Waals surface area (Å²) in [7, 11) is -1.82. The van der Waals surface area contributed by atoms with Crippen molar-refractivity contribution in [3.63, 3.8) is 0 Å². The van der Waals surface area contributed by atoms with E-state index in [1.165, 1.54) is 23.5 Å². The van der Waals surface area contributed by atoms with Gasteiger partial charge in [0.15, 0.2) is 0 Å². The fourth-order valence-electron chi connectivity index (χ4n) is 1.07. The highest BCUT2D eigenvalue weighted by molar-refractivity contribution is 9.10. The molecule has 0 aliphatic heterocycles. The molecule has 0 saturated carbocycles. The number of sulfonamides is 1. The van der Waals surface area contributed by atoms with Crippen molar-refractivity contribution in [3.8, 4) is 0 Å². The van der Waals surface area contributed by atoms with Crippen LogP contribution in [0.15, 0.2) is 24.3 Å². The van der Waals surface area contributed by atoms with Gasteiger partial charge in [0.25, 0.3) is 0 Å². The maximum atomic E-state index is 12.8. The van der Waals surface area contributed by atoms with Crippen molar-refractivity contribution in [2.45, 2.75) is 6.54 Å². The molecule has 0 bridgehead atoms. The third kappa shape index (κ3) is 3.55. The van der Waals surface area contributed by atoms with Gasteiger partial charge in [0.1, 0.15) is 10.5 Å². The lowest BCUT2D eigenvalue weighted by atomic mass is 10.2. The normalized spacial score (nSPS) is 12.0. The first-order chi connectivity index (χ1) is 6.95. The summed E-state index contributed by atoms with van der Waals surface area (Å²) < 4.78 is 36.6. The van der Waals surface area contributed by atoms with Gasteiger partial charge < -0.3 is 0 Å². The highest BCUT2D eigenvalue weighted by Gasteiger charge is 2.15. The van der Waals surface area contributed by atoms with Crippen LogP contribution in [0, 0.1) is 5.82 Å². The van der Waals surface area contributed by atoms with Crippen LogP contribution in [0.5, 0.6) is 0 Å². The predicted molar refractivity (Wildman–Crippen MR) is 60.6 cm³/mol. The van der Waals surface area contributed by atoms with Gasteiger partial charge in [-0.2, -0.15) is 4.31 Å². The van der Waals surface area contributed by atoms with E-state index in [9.17, 15) is 12.8 Å². The van der Waals surface area contributed by atoms with Crippen molar-refractivity contribution in [3.05, 3.63) is 35.6 Å². The summed E-state index contributed by atoms with van der Waals surface area (Å²) in [5, 5.41) is 0. The summed E-state index contributed by atoms with van der Waals surface area (Å²) in [4.78, 5) is 0. The summed E-state index contributed by atoms with van der Waals surface area (Å²) in [5.41, 5.74) is 0.627. The topological polar surface area (TPSA) is 37.4 Å².